The Morgan fingerprint density at radius 1 is 1.00 bits per heavy atom. The molecule has 0 radical (unpaired) electrons. The van der Waals surface area contributed by atoms with Crippen LogP contribution in [0, 0.1) is 4.84 Å². The number of hydrogen-bond donors (Lipinski definition) is 1. The molecule has 106 valence electrons. The van der Waals surface area contributed by atoms with Crippen LogP contribution >= 0.6 is 24.0 Å². The Bertz CT molecular complexity index is 855. The van der Waals surface area contributed by atoms with E-state index < -0.39 is 0 Å². The number of fused-ring (bicyclic) bond motifs is 2. The van der Waals surface area contributed by atoms with E-state index in [9.17, 15) is 0 Å². The zero-order valence-corrected chi connectivity index (χ0v) is 12.8. The van der Waals surface area contributed by atoms with Crippen molar-refractivity contribution in [3.05, 3.63) is 53.4 Å². The quantitative estimate of drug-likeness (QED) is 0.394. The van der Waals surface area contributed by atoms with Crippen LogP contribution in [0.15, 0.2) is 62.6 Å². The number of aromatic amines is 1. The van der Waals surface area contributed by atoms with Gasteiger partial charge in [0, 0.05) is 0 Å². The number of thioether (sulfide) groups is 1. The third-order valence-electron chi connectivity index (χ3n) is 2.78. The van der Waals surface area contributed by atoms with Crippen molar-refractivity contribution < 1.29 is 8.83 Å². The Hall–Kier alpha value is -2.05. The summed E-state index contributed by atoms with van der Waals surface area (Å²) in [6, 6.07) is 15.4. The van der Waals surface area contributed by atoms with Crippen molar-refractivity contribution >= 4 is 46.2 Å². The average molecular weight is 316 g/mol. The smallest absolute Gasteiger partial charge is 0.266 e. The van der Waals surface area contributed by atoms with Gasteiger partial charge in [-0.15, -0.1) is 0 Å². The second-order valence-electron chi connectivity index (χ2n) is 4.16. The second-order valence-corrected chi connectivity index (χ2v) is 5.29. The Balaban J connectivity index is 0.000000126. The van der Waals surface area contributed by atoms with Crippen LogP contribution in [-0.4, -0.2) is 16.2 Å². The molecule has 1 N–H and O–H groups in total. The summed E-state index contributed by atoms with van der Waals surface area (Å²) in [5, 5.41) is 0.728. The van der Waals surface area contributed by atoms with Gasteiger partial charge in [0.1, 0.15) is 5.52 Å². The van der Waals surface area contributed by atoms with E-state index >= 15 is 0 Å². The maximum atomic E-state index is 5.37. The van der Waals surface area contributed by atoms with Gasteiger partial charge in [0.15, 0.2) is 11.2 Å². The average Bonchev–Trinajstić information content (AvgIpc) is 3.09. The number of oxazole rings is 2. The SMILES string of the molecule is CSc1nc2ccccc2o1.S=c1[nH]c2ccccc2o1. The topological polar surface area (TPSA) is 55.0 Å². The number of H-pyrrole nitrogens is 1. The van der Waals surface area contributed by atoms with Gasteiger partial charge in [0.2, 0.25) is 0 Å². The van der Waals surface area contributed by atoms with Gasteiger partial charge < -0.3 is 13.8 Å². The molecule has 0 unspecified atom stereocenters. The van der Waals surface area contributed by atoms with Crippen LogP contribution in [-0.2, 0) is 0 Å². The molecule has 2 heterocycles. The van der Waals surface area contributed by atoms with Crippen molar-refractivity contribution in [1.29, 1.82) is 0 Å². The third-order valence-corrected chi connectivity index (χ3v) is 3.48. The molecular weight excluding hydrogens is 304 g/mol. The molecule has 0 bridgehead atoms. The first kappa shape index (κ1) is 13.9. The van der Waals surface area contributed by atoms with Crippen LogP contribution < -0.4 is 0 Å². The van der Waals surface area contributed by atoms with Crippen molar-refractivity contribution in [3.63, 3.8) is 0 Å². The number of rotatable bonds is 1. The normalized spacial score (nSPS) is 10.5. The van der Waals surface area contributed by atoms with E-state index in [1.54, 1.807) is 0 Å². The van der Waals surface area contributed by atoms with Crippen LogP contribution in [0.4, 0.5) is 0 Å². The third kappa shape index (κ3) is 3.17. The summed E-state index contributed by atoms with van der Waals surface area (Å²) >= 11 is 6.31. The number of nitrogens with zero attached hydrogens (tertiary/aromatic N) is 1. The molecule has 6 heteroatoms. The molecule has 0 saturated heterocycles. The minimum atomic E-state index is 0.432. The summed E-state index contributed by atoms with van der Waals surface area (Å²) in [7, 11) is 0. The molecule has 0 amide bonds. The molecule has 21 heavy (non-hydrogen) atoms. The summed E-state index contributed by atoms with van der Waals surface area (Å²) in [5.74, 6) is 0. The molecule has 2 aromatic heterocycles. The summed E-state index contributed by atoms with van der Waals surface area (Å²) in [4.78, 5) is 7.57. The van der Waals surface area contributed by atoms with Crippen molar-refractivity contribution in [1.82, 2.24) is 9.97 Å². The van der Waals surface area contributed by atoms with Crippen LogP contribution in [0.5, 0.6) is 0 Å². The summed E-state index contributed by atoms with van der Waals surface area (Å²) < 4.78 is 10.5. The van der Waals surface area contributed by atoms with Gasteiger partial charge >= 0.3 is 0 Å². The van der Waals surface area contributed by atoms with Gasteiger partial charge in [-0.3, -0.25) is 0 Å². The van der Waals surface area contributed by atoms with E-state index in [1.165, 1.54) is 11.8 Å². The number of aromatic nitrogens is 2. The van der Waals surface area contributed by atoms with E-state index in [4.69, 9.17) is 21.1 Å². The fourth-order valence-corrected chi connectivity index (χ4v) is 2.40. The van der Waals surface area contributed by atoms with Crippen LogP contribution in [0.3, 0.4) is 0 Å². The summed E-state index contributed by atoms with van der Waals surface area (Å²) in [6.07, 6.45) is 1.95. The summed E-state index contributed by atoms with van der Waals surface area (Å²) in [5.41, 5.74) is 3.55. The number of hydrogen-bond acceptors (Lipinski definition) is 5. The Kier molecular flexibility index (Phi) is 4.08. The monoisotopic (exact) mass is 316 g/mol. The molecule has 2 aromatic carbocycles. The molecule has 0 spiro atoms. The van der Waals surface area contributed by atoms with Gasteiger partial charge in [-0.2, -0.15) is 0 Å². The number of nitrogens with one attached hydrogen (secondary N) is 1. The van der Waals surface area contributed by atoms with Gasteiger partial charge in [0.25, 0.3) is 10.1 Å². The summed E-state index contributed by atoms with van der Waals surface area (Å²) in [6.45, 7) is 0. The first-order valence-electron chi connectivity index (χ1n) is 6.23. The number of para-hydroxylation sites is 4. The molecule has 0 aliphatic carbocycles. The molecule has 4 nitrogen and oxygen atoms in total. The van der Waals surface area contributed by atoms with E-state index in [-0.39, 0.29) is 0 Å². The van der Waals surface area contributed by atoms with Crippen molar-refractivity contribution in [2.75, 3.05) is 6.26 Å². The molecule has 0 aliphatic rings. The highest BCUT2D eigenvalue weighted by Gasteiger charge is 2.01. The Morgan fingerprint density at radius 2 is 1.71 bits per heavy atom. The molecule has 0 fully saturated rings. The minimum absolute atomic E-state index is 0.432. The maximum Gasteiger partial charge on any atom is 0.266 e. The van der Waals surface area contributed by atoms with Gasteiger partial charge in [-0.05, 0) is 42.7 Å². The van der Waals surface area contributed by atoms with Crippen LogP contribution in [0.25, 0.3) is 22.2 Å². The predicted molar refractivity (Wildman–Crippen MR) is 87.2 cm³/mol. The highest BCUT2D eigenvalue weighted by molar-refractivity contribution is 7.98. The first-order valence-corrected chi connectivity index (χ1v) is 7.87. The van der Waals surface area contributed by atoms with Crippen molar-refractivity contribution in [2.45, 2.75) is 5.22 Å². The fraction of sp³-hybridized carbons (Fsp3) is 0.0667. The van der Waals surface area contributed by atoms with E-state index in [2.05, 4.69) is 9.97 Å². The molecule has 4 aromatic rings. The highest BCUT2D eigenvalue weighted by Crippen LogP contribution is 2.20. The number of benzene rings is 2. The fourth-order valence-electron chi connectivity index (χ4n) is 1.83. The zero-order chi connectivity index (χ0) is 14.7. The predicted octanol–water partition coefficient (Wildman–Crippen LogP) is 5.04. The lowest BCUT2D eigenvalue weighted by Crippen LogP contribution is -1.65. The van der Waals surface area contributed by atoms with Gasteiger partial charge in [-0.25, -0.2) is 4.98 Å². The maximum absolute atomic E-state index is 5.37. The molecular formula is C15H12N2O2S2. The Labute approximate surface area is 130 Å². The molecule has 0 saturated carbocycles. The largest absolute Gasteiger partial charge is 0.431 e. The van der Waals surface area contributed by atoms with E-state index in [1.807, 2.05) is 54.8 Å². The molecule has 0 atom stereocenters. The first-order chi connectivity index (χ1) is 10.3. The van der Waals surface area contributed by atoms with Crippen molar-refractivity contribution in [2.24, 2.45) is 0 Å². The van der Waals surface area contributed by atoms with Gasteiger partial charge in [0.05, 0.1) is 5.52 Å². The van der Waals surface area contributed by atoms with E-state index in [0.29, 0.717) is 4.84 Å². The molecule has 0 aliphatic heterocycles. The lowest BCUT2D eigenvalue weighted by Gasteiger charge is -1.80. The minimum Gasteiger partial charge on any atom is -0.431 e. The van der Waals surface area contributed by atoms with Crippen LogP contribution in [0.2, 0.25) is 0 Å². The highest BCUT2D eigenvalue weighted by atomic mass is 32.2. The van der Waals surface area contributed by atoms with E-state index in [0.717, 1.165) is 27.4 Å². The van der Waals surface area contributed by atoms with Gasteiger partial charge in [-0.1, -0.05) is 36.0 Å². The Morgan fingerprint density at radius 3 is 2.43 bits per heavy atom. The standard InChI is InChI=1S/C8H7NOS.C7H5NOS/c1-11-8-9-6-4-2-3-5-7(6)10-8;10-7-8-5-3-1-2-4-6(5)9-7/h2-5H,1H3;1-4H,(H,8,10). The second kappa shape index (κ2) is 6.15. The lowest BCUT2D eigenvalue weighted by atomic mass is 10.3. The van der Waals surface area contributed by atoms with Crippen LogP contribution in [0.1, 0.15) is 0 Å². The molecule has 4 rings (SSSR count). The van der Waals surface area contributed by atoms with Crippen molar-refractivity contribution in [3.8, 4) is 0 Å². The zero-order valence-electron chi connectivity index (χ0n) is 11.2. The lowest BCUT2D eigenvalue weighted by molar-refractivity contribution is 0.490.